The fraction of sp³-hybridized carbons (Fsp3) is 0.391. The molecule has 2 rings (SSSR count). The first-order chi connectivity index (χ1) is 13.6. The maximum Gasteiger partial charge on any atom is 0.519 e. The fourth-order valence-electron chi connectivity index (χ4n) is 2.87. The molecule has 0 aliphatic rings. The molecule has 0 fully saturated rings. The van der Waals surface area contributed by atoms with E-state index >= 15 is 0 Å². The Bertz CT molecular complexity index is 797. The third-order valence-electron chi connectivity index (χ3n) is 4.42. The molecule has 5 heteroatoms. The van der Waals surface area contributed by atoms with Crippen LogP contribution in [0, 0.1) is 0 Å². The lowest BCUT2D eigenvalue weighted by atomic mass is 10.0. The van der Waals surface area contributed by atoms with E-state index in [1.807, 2.05) is 12.1 Å². The van der Waals surface area contributed by atoms with Gasteiger partial charge in [-0.1, -0.05) is 51.0 Å². The lowest BCUT2D eigenvalue weighted by Crippen LogP contribution is -2.17. The number of aryl methyl sites for hydroxylation is 2. The molecule has 2 aromatic rings. The van der Waals surface area contributed by atoms with Crippen LogP contribution in [0.1, 0.15) is 61.0 Å². The largest absolute Gasteiger partial charge is 0.519 e. The Hall–Kier alpha value is -2.82. The number of carbonyl (C=O) groups is 2. The van der Waals surface area contributed by atoms with E-state index in [0.29, 0.717) is 5.75 Å². The van der Waals surface area contributed by atoms with Crippen molar-refractivity contribution in [1.82, 2.24) is 0 Å². The summed E-state index contributed by atoms with van der Waals surface area (Å²) < 4.78 is 15.4. The predicted molar refractivity (Wildman–Crippen MR) is 108 cm³/mol. The molecule has 0 N–H and O–H groups in total. The van der Waals surface area contributed by atoms with E-state index in [-0.39, 0.29) is 11.3 Å². The zero-order valence-electron chi connectivity index (χ0n) is 16.8. The molecular formula is C23H28O5. The zero-order chi connectivity index (χ0) is 20.4. The van der Waals surface area contributed by atoms with E-state index < -0.39 is 12.1 Å². The van der Waals surface area contributed by atoms with Crippen LogP contribution in [0.5, 0.6) is 11.5 Å². The molecule has 0 atom stereocenters. The second-order valence-corrected chi connectivity index (χ2v) is 6.59. The number of ether oxygens (including phenoxy) is 3. The molecule has 150 valence electrons. The van der Waals surface area contributed by atoms with Crippen LogP contribution in [0.3, 0.4) is 0 Å². The Balaban J connectivity index is 2.15. The van der Waals surface area contributed by atoms with E-state index in [4.69, 9.17) is 14.2 Å². The minimum atomic E-state index is -0.879. The summed E-state index contributed by atoms with van der Waals surface area (Å²) in [5.74, 6) is 0.0237. The zero-order valence-corrected chi connectivity index (χ0v) is 16.8. The van der Waals surface area contributed by atoms with Gasteiger partial charge in [-0.3, -0.25) is 0 Å². The molecule has 0 aromatic heterocycles. The SMILES string of the molecule is CCCCc1ccc(OC(=O)Oc2ccccc2C(=O)OC)c(CCCC)c1. The second kappa shape index (κ2) is 11.1. The highest BCUT2D eigenvalue weighted by atomic mass is 16.7. The number of carbonyl (C=O) groups excluding carboxylic acids is 2. The Morgan fingerprint density at radius 3 is 2.25 bits per heavy atom. The van der Waals surface area contributed by atoms with Crippen molar-refractivity contribution < 1.29 is 23.8 Å². The maximum atomic E-state index is 12.3. The molecular weight excluding hydrogens is 356 g/mol. The van der Waals surface area contributed by atoms with Crippen molar-refractivity contribution in [3.63, 3.8) is 0 Å². The van der Waals surface area contributed by atoms with Gasteiger partial charge < -0.3 is 14.2 Å². The second-order valence-electron chi connectivity index (χ2n) is 6.59. The molecule has 0 bridgehead atoms. The molecule has 0 heterocycles. The third kappa shape index (κ3) is 6.12. The lowest BCUT2D eigenvalue weighted by molar-refractivity contribution is 0.0597. The average molecular weight is 384 g/mol. The van der Waals surface area contributed by atoms with Crippen molar-refractivity contribution in [2.45, 2.75) is 52.4 Å². The van der Waals surface area contributed by atoms with E-state index in [2.05, 4.69) is 19.9 Å². The maximum absolute atomic E-state index is 12.3. The summed E-state index contributed by atoms with van der Waals surface area (Å²) in [4.78, 5) is 24.1. The van der Waals surface area contributed by atoms with Gasteiger partial charge in [0.25, 0.3) is 0 Å². The number of para-hydroxylation sites is 1. The van der Waals surface area contributed by atoms with Gasteiger partial charge in [0, 0.05) is 0 Å². The topological polar surface area (TPSA) is 61.8 Å². The fourth-order valence-corrected chi connectivity index (χ4v) is 2.87. The van der Waals surface area contributed by atoms with Gasteiger partial charge in [0.05, 0.1) is 7.11 Å². The highest BCUT2D eigenvalue weighted by Crippen LogP contribution is 2.25. The molecule has 0 aliphatic carbocycles. The van der Waals surface area contributed by atoms with Gasteiger partial charge in [0.1, 0.15) is 17.1 Å². The molecule has 0 spiro atoms. The van der Waals surface area contributed by atoms with Crippen LogP contribution in [0.2, 0.25) is 0 Å². The van der Waals surface area contributed by atoms with E-state index in [9.17, 15) is 9.59 Å². The first-order valence-corrected chi connectivity index (χ1v) is 9.77. The van der Waals surface area contributed by atoms with Gasteiger partial charge in [-0.15, -0.1) is 0 Å². The highest BCUT2D eigenvalue weighted by Gasteiger charge is 2.17. The summed E-state index contributed by atoms with van der Waals surface area (Å²) in [6.07, 6.45) is 5.28. The van der Waals surface area contributed by atoms with Crippen LogP contribution in [0.25, 0.3) is 0 Å². The summed E-state index contributed by atoms with van der Waals surface area (Å²) in [5, 5.41) is 0. The standard InChI is InChI=1S/C23H28O5/c1-4-6-10-17-14-15-20(18(16-17)11-7-5-2)27-23(25)28-21-13-9-8-12-19(21)22(24)26-3/h8-9,12-16H,4-7,10-11H2,1-3H3. The lowest BCUT2D eigenvalue weighted by Gasteiger charge is -2.13. The van der Waals surface area contributed by atoms with Crippen LogP contribution in [-0.2, 0) is 17.6 Å². The first kappa shape index (κ1) is 21.5. The third-order valence-corrected chi connectivity index (χ3v) is 4.42. The minimum Gasteiger partial charge on any atom is -0.465 e. The molecule has 5 nitrogen and oxygen atoms in total. The van der Waals surface area contributed by atoms with Crippen LogP contribution in [0.15, 0.2) is 42.5 Å². The summed E-state index contributed by atoms with van der Waals surface area (Å²) >= 11 is 0. The van der Waals surface area contributed by atoms with Crippen molar-refractivity contribution in [2.24, 2.45) is 0 Å². The molecule has 0 saturated heterocycles. The summed E-state index contributed by atoms with van der Waals surface area (Å²) in [5.41, 5.74) is 2.40. The summed E-state index contributed by atoms with van der Waals surface area (Å²) in [6, 6.07) is 12.3. The van der Waals surface area contributed by atoms with Gasteiger partial charge in [0.15, 0.2) is 0 Å². The van der Waals surface area contributed by atoms with E-state index in [1.54, 1.807) is 12.1 Å². The van der Waals surface area contributed by atoms with Crippen molar-refractivity contribution in [2.75, 3.05) is 7.11 Å². The molecule has 28 heavy (non-hydrogen) atoms. The van der Waals surface area contributed by atoms with Crippen molar-refractivity contribution >= 4 is 12.1 Å². The first-order valence-electron chi connectivity index (χ1n) is 9.77. The van der Waals surface area contributed by atoms with Crippen LogP contribution in [0.4, 0.5) is 4.79 Å². The Morgan fingerprint density at radius 2 is 1.54 bits per heavy atom. The normalized spacial score (nSPS) is 10.4. The number of hydrogen-bond acceptors (Lipinski definition) is 5. The Labute approximate surface area is 166 Å². The quantitative estimate of drug-likeness (QED) is 0.408. The monoisotopic (exact) mass is 384 g/mol. The van der Waals surface area contributed by atoms with Gasteiger partial charge >= 0.3 is 12.1 Å². The number of esters is 1. The van der Waals surface area contributed by atoms with E-state index in [0.717, 1.165) is 44.1 Å². The molecule has 0 amide bonds. The van der Waals surface area contributed by atoms with Gasteiger partial charge in [0.2, 0.25) is 0 Å². The number of rotatable bonds is 9. The highest BCUT2D eigenvalue weighted by molar-refractivity contribution is 5.93. The molecule has 0 aliphatic heterocycles. The number of hydrogen-bond donors (Lipinski definition) is 0. The minimum absolute atomic E-state index is 0.106. The van der Waals surface area contributed by atoms with Gasteiger partial charge in [-0.25, -0.2) is 9.59 Å². The molecule has 0 unspecified atom stereocenters. The van der Waals surface area contributed by atoms with Crippen LogP contribution in [-0.4, -0.2) is 19.2 Å². The molecule has 0 radical (unpaired) electrons. The van der Waals surface area contributed by atoms with Crippen LogP contribution < -0.4 is 9.47 Å². The molecule has 2 aromatic carbocycles. The summed E-state index contributed by atoms with van der Waals surface area (Å²) in [7, 11) is 1.28. The Morgan fingerprint density at radius 1 is 0.857 bits per heavy atom. The number of methoxy groups -OCH3 is 1. The summed E-state index contributed by atoms with van der Waals surface area (Å²) in [6.45, 7) is 4.29. The van der Waals surface area contributed by atoms with Crippen molar-refractivity contribution in [3.8, 4) is 11.5 Å². The van der Waals surface area contributed by atoms with Gasteiger partial charge in [-0.05, 0) is 55.0 Å². The predicted octanol–water partition coefficient (Wildman–Crippen LogP) is 5.74. The van der Waals surface area contributed by atoms with E-state index in [1.165, 1.54) is 24.8 Å². The smallest absolute Gasteiger partial charge is 0.465 e. The number of benzene rings is 2. The van der Waals surface area contributed by atoms with Crippen LogP contribution >= 0.6 is 0 Å². The molecule has 0 saturated carbocycles. The van der Waals surface area contributed by atoms with Crippen molar-refractivity contribution in [3.05, 3.63) is 59.2 Å². The Kier molecular flexibility index (Phi) is 8.53. The average Bonchev–Trinajstić information content (AvgIpc) is 2.71. The van der Waals surface area contributed by atoms with Gasteiger partial charge in [-0.2, -0.15) is 0 Å². The van der Waals surface area contributed by atoms with Crippen molar-refractivity contribution in [1.29, 1.82) is 0 Å². The number of unbranched alkanes of at least 4 members (excludes halogenated alkanes) is 2.